The Labute approximate surface area is 170 Å². The molecule has 0 aliphatic carbocycles. The topological polar surface area (TPSA) is 128 Å². The van der Waals surface area contributed by atoms with Crippen molar-refractivity contribution in [1.82, 2.24) is 5.32 Å². The third-order valence-corrected chi connectivity index (χ3v) is 4.65. The summed E-state index contributed by atoms with van der Waals surface area (Å²) in [4.78, 5) is 46.7. The lowest BCUT2D eigenvalue weighted by Crippen LogP contribution is -2.29. The number of ether oxygens (including phenoxy) is 1. The molecule has 1 atom stereocenters. The van der Waals surface area contributed by atoms with Gasteiger partial charge in [0.15, 0.2) is 6.61 Å². The van der Waals surface area contributed by atoms with Crippen molar-refractivity contribution in [2.75, 3.05) is 11.9 Å². The number of carbonyl (C=O) groups excluding carboxylic acids is 4. The Morgan fingerprint density at radius 2 is 1.86 bits per heavy atom. The van der Waals surface area contributed by atoms with Crippen LogP contribution in [0.15, 0.2) is 35.7 Å². The summed E-state index contributed by atoms with van der Waals surface area (Å²) >= 11 is 6.97. The van der Waals surface area contributed by atoms with E-state index in [0.717, 1.165) is 11.3 Å². The molecule has 2 aromatic rings. The highest BCUT2D eigenvalue weighted by Gasteiger charge is 2.19. The van der Waals surface area contributed by atoms with Crippen molar-refractivity contribution in [3.05, 3.63) is 51.9 Å². The second-order valence-corrected chi connectivity index (χ2v) is 7.10. The number of amides is 3. The molecule has 1 heterocycles. The number of halogens is 1. The molecule has 1 aromatic heterocycles. The third-order valence-electron chi connectivity index (χ3n) is 3.57. The SMILES string of the molecule is CC(=O)NC(CC(=O)OCC(=O)Nc1sccc1C(N)=O)c1ccc(Cl)cc1. The number of hydrogen-bond donors (Lipinski definition) is 3. The summed E-state index contributed by atoms with van der Waals surface area (Å²) in [5.41, 5.74) is 6.06. The zero-order valence-electron chi connectivity index (χ0n) is 14.9. The van der Waals surface area contributed by atoms with Crippen LogP contribution in [0.4, 0.5) is 5.00 Å². The lowest BCUT2D eigenvalue weighted by molar-refractivity contribution is -0.148. The van der Waals surface area contributed by atoms with E-state index in [0.29, 0.717) is 10.6 Å². The Balaban J connectivity index is 1.92. The van der Waals surface area contributed by atoms with E-state index in [-0.39, 0.29) is 22.9 Å². The fourth-order valence-electron chi connectivity index (χ4n) is 2.33. The maximum absolute atomic E-state index is 12.1. The fraction of sp³-hybridized carbons (Fsp3) is 0.222. The summed E-state index contributed by atoms with van der Waals surface area (Å²) in [6.45, 7) is 0.793. The quantitative estimate of drug-likeness (QED) is 0.561. The van der Waals surface area contributed by atoms with Crippen LogP contribution in [0.1, 0.15) is 35.3 Å². The molecule has 28 heavy (non-hydrogen) atoms. The largest absolute Gasteiger partial charge is 0.455 e. The first-order valence-corrected chi connectivity index (χ1v) is 9.37. The van der Waals surface area contributed by atoms with Crippen LogP contribution >= 0.6 is 22.9 Å². The van der Waals surface area contributed by atoms with Crippen molar-refractivity contribution < 1.29 is 23.9 Å². The van der Waals surface area contributed by atoms with Crippen LogP contribution in [-0.2, 0) is 19.1 Å². The number of nitrogens with one attached hydrogen (secondary N) is 2. The van der Waals surface area contributed by atoms with Crippen LogP contribution < -0.4 is 16.4 Å². The van der Waals surface area contributed by atoms with Gasteiger partial charge in [-0.15, -0.1) is 11.3 Å². The van der Waals surface area contributed by atoms with Crippen molar-refractivity contribution >= 4 is 51.6 Å². The number of nitrogens with two attached hydrogens (primary N) is 1. The first-order valence-electron chi connectivity index (χ1n) is 8.11. The Morgan fingerprint density at radius 3 is 2.46 bits per heavy atom. The molecule has 8 nitrogen and oxygen atoms in total. The van der Waals surface area contributed by atoms with E-state index in [1.54, 1.807) is 29.6 Å². The normalized spacial score (nSPS) is 11.4. The van der Waals surface area contributed by atoms with Crippen molar-refractivity contribution in [3.63, 3.8) is 0 Å². The van der Waals surface area contributed by atoms with E-state index in [1.165, 1.54) is 13.0 Å². The molecule has 10 heteroatoms. The molecule has 0 spiro atoms. The number of primary amides is 1. The monoisotopic (exact) mass is 423 g/mol. The van der Waals surface area contributed by atoms with Crippen LogP contribution in [-0.4, -0.2) is 30.3 Å². The van der Waals surface area contributed by atoms with Crippen molar-refractivity contribution in [3.8, 4) is 0 Å². The van der Waals surface area contributed by atoms with Crippen molar-refractivity contribution in [2.24, 2.45) is 5.73 Å². The number of benzene rings is 1. The van der Waals surface area contributed by atoms with E-state index < -0.39 is 30.4 Å². The summed E-state index contributed by atoms with van der Waals surface area (Å²) in [6, 6.07) is 7.52. The Bertz CT molecular complexity index is 882. The first kappa shape index (κ1) is 21.4. The van der Waals surface area contributed by atoms with E-state index in [4.69, 9.17) is 22.1 Å². The number of esters is 1. The summed E-state index contributed by atoms with van der Waals surface area (Å²) in [5.74, 6) is -2.28. The van der Waals surface area contributed by atoms with Crippen LogP contribution in [0.25, 0.3) is 0 Å². The van der Waals surface area contributed by atoms with Gasteiger partial charge in [0.1, 0.15) is 5.00 Å². The highest BCUT2D eigenvalue weighted by atomic mass is 35.5. The molecule has 0 saturated carbocycles. The van der Waals surface area contributed by atoms with Gasteiger partial charge >= 0.3 is 5.97 Å². The average Bonchev–Trinajstić information content (AvgIpc) is 3.08. The molecule has 1 aromatic carbocycles. The summed E-state index contributed by atoms with van der Waals surface area (Å²) < 4.78 is 4.97. The predicted octanol–water partition coefficient (Wildman–Crippen LogP) is 2.25. The van der Waals surface area contributed by atoms with Gasteiger partial charge in [-0.25, -0.2) is 0 Å². The number of hydrogen-bond acceptors (Lipinski definition) is 6. The smallest absolute Gasteiger partial charge is 0.308 e. The van der Waals surface area contributed by atoms with Gasteiger partial charge in [0.2, 0.25) is 5.91 Å². The summed E-state index contributed by atoms with van der Waals surface area (Å²) in [5, 5.41) is 7.53. The molecule has 0 radical (unpaired) electrons. The maximum atomic E-state index is 12.1. The van der Waals surface area contributed by atoms with Gasteiger partial charge < -0.3 is 21.1 Å². The van der Waals surface area contributed by atoms with Gasteiger partial charge in [0, 0.05) is 11.9 Å². The molecule has 148 valence electrons. The summed E-state index contributed by atoms with van der Waals surface area (Å²) in [7, 11) is 0. The van der Waals surface area contributed by atoms with Crippen LogP contribution in [0, 0.1) is 0 Å². The zero-order valence-corrected chi connectivity index (χ0v) is 16.4. The number of thiophene rings is 1. The van der Waals surface area contributed by atoms with Crippen molar-refractivity contribution in [1.29, 1.82) is 0 Å². The number of carbonyl (C=O) groups is 4. The maximum Gasteiger partial charge on any atom is 0.308 e. The first-order chi connectivity index (χ1) is 13.3. The van der Waals surface area contributed by atoms with Crippen LogP contribution in [0.3, 0.4) is 0 Å². The van der Waals surface area contributed by atoms with E-state index in [9.17, 15) is 19.2 Å². The molecule has 4 N–H and O–H groups in total. The molecule has 0 aliphatic rings. The van der Waals surface area contributed by atoms with Gasteiger partial charge in [-0.05, 0) is 29.1 Å². The van der Waals surface area contributed by atoms with Gasteiger partial charge in [-0.3, -0.25) is 19.2 Å². The Morgan fingerprint density at radius 1 is 1.18 bits per heavy atom. The minimum Gasteiger partial charge on any atom is -0.455 e. The average molecular weight is 424 g/mol. The molecule has 0 fully saturated rings. The number of anilines is 1. The third kappa shape index (κ3) is 6.36. The molecule has 0 bridgehead atoms. The number of rotatable bonds is 8. The molecular formula is C18H18ClN3O5S. The molecule has 0 aliphatic heterocycles. The minimum atomic E-state index is -0.676. The summed E-state index contributed by atoms with van der Waals surface area (Å²) in [6.07, 6.45) is -0.167. The van der Waals surface area contributed by atoms with Gasteiger partial charge in [0.25, 0.3) is 11.8 Å². The molecule has 1 unspecified atom stereocenters. The van der Waals surface area contributed by atoms with Gasteiger partial charge in [-0.2, -0.15) is 0 Å². The van der Waals surface area contributed by atoms with Gasteiger partial charge in [-0.1, -0.05) is 23.7 Å². The van der Waals surface area contributed by atoms with E-state index in [2.05, 4.69) is 10.6 Å². The predicted molar refractivity (Wildman–Crippen MR) is 105 cm³/mol. The van der Waals surface area contributed by atoms with E-state index in [1.807, 2.05) is 0 Å². The minimum absolute atomic E-state index is 0.167. The van der Waals surface area contributed by atoms with Crippen molar-refractivity contribution in [2.45, 2.75) is 19.4 Å². The van der Waals surface area contributed by atoms with Crippen LogP contribution in [0.2, 0.25) is 5.02 Å². The lowest BCUT2D eigenvalue weighted by Gasteiger charge is -2.17. The molecule has 3 amide bonds. The molecular weight excluding hydrogens is 406 g/mol. The molecule has 0 saturated heterocycles. The standard InChI is InChI=1S/C18H18ClN3O5S/c1-10(23)21-14(11-2-4-12(19)5-3-11)8-16(25)27-9-15(24)22-18-13(17(20)26)6-7-28-18/h2-7,14H,8-9H2,1H3,(H2,20,26)(H,21,23)(H,22,24). The lowest BCUT2D eigenvalue weighted by atomic mass is 10.0. The second-order valence-electron chi connectivity index (χ2n) is 5.75. The zero-order chi connectivity index (χ0) is 20.7. The highest BCUT2D eigenvalue weighted by Crippen LogP contribution is 2.23. The van der Waals surface area contributed by atoms with Crippen LogP contribution in [0.5, 0.6) is 0 Å². The van der Waals surface area contributed by atoms with Gasteiger partial charge in [0.05, 0.1) is 18.0 Å². The highest BCUT2D eigenvalue weighted by molar-refractivity contribution is 7.14. The Kier molecular flexibility index (Phi) is 7.53. The fourth-order valence-corrected chi connectivity index (χ4v) is 3.26. The Hall–Kier alpha value is -2.91. The molecule has 2 rings (SSSR count). The second kappa shape index (κ2) is 9.86. The van der Waals surface area contributed by atoms with E-state index >= 15 is 0 Å².